The first-order chi connectivity index (χ1) is 10.1. The Bertz CT molecular complexity index is 569. The maximum atomic E-state index is 10.3. The van der Waals surface area contributed by atoms with Crippen molar-refractivity contribution in [1.82, 2.24) is 5.32 Å². The highest BCUT2D eigenvalue weighted by molar-refractivity contribution is 5.64. The summed E-state index contributed by atoms with van der Waals surface area (Å²) in [6.07, 6.45) is 1.08. The van der Waals surface area contributed by atoms with Crippen molar-refractivity contribution in [3.63, 3.8) is 0 Å². The van der Waals surface area contributed by atoms with E-state index < -0.39 is 0 Å². The summed E-state index contributed by atoms with van der Waals surface area (Å²) in [6, 6.07) is 16.1. The molecule has 2 N–H and O–H groups in total. The number of rotatable bonds is 6. The van der Waals surface area contributed by atoms with Crippen molar-refractivity contribution in [1.29, 1.82) is 0 Å². The van der Waals surface area contributed by atoms with E-state index in [1.54, 1.807) is 0 Å². The van der Waals surface area contributed by atoms with Gasteiger partial charge in [0.05, 0.1) is 0 Å². The van der Waals surface area contributed by atoms with Crippen LogP contribution in [0.2, 0.25) is 0 Å². The number of nitrogens with zero attached hydrogens (tertiary/aromatic N) is 1. The van der Waals surface area contributed by atoms with Gasteiger partial charge in [0.2, 0.25) is 0 Å². The SMILES string of the molecule is CCCNC(C)c1ccc(N(C)c2ccccc2)cc1O. The fourth-order valence-electron chi connectivity index (χ4n) is 2.38. The lowest BCUT2D eigenvalue weighted by Crippen LogP contribution is -2.19. The fourth-order valence-corrected chi connectivity index (χ4v) is 2.38. The maximum Gasteiger partial charge on any atom is 0.122 e. The third-order valence-electron chi connectivity index (χ3n) is 3.71. The summed E-state index contributed by atoms with van der Waals surface area (Å²) < 4.78 is 0. The molecule has 1 atom stereocenters. The second-order valence-corrected chi connectivity index (χ2v) is 5.31. The van der Waals surface area contributed by atoms with E-state index in [-0.39, 0.29) is 6.04 Å². The van der Waals surface area contributed by atoms with Crippen LogP contribution >= 0.6 is 0 Å². The molecule has 0 spiro atoms. The van der Waals surface area contributed by atoms with E-state index in [2.05, 4.69) is 36.2 Å². The molecule has 2 aromatic rings. The van der Waals surface area contributed by atoms with Crippen molar-refractivity contribution in [2.45, 2.75) is 26.3 Å². The number of phenols is 1. The second kappa shape index (κ2) is 7.14. The van der Waals surface area contributed by atoms with Gasteiger partial charge in [-0.15, -0.1) is 0 Å². The minimum atomic E-state index is 0.154. The Morgan fingerprint density at radius 1 is 1.10 bits per heavy atom. The summed E-state index contributed by atoms with van der Waals surface area (Å²) in [7, 11) is 2.00. The standard InChI is InChI=1S/C18H24N2O/c1-4-12-19-14(2)17-11-10-16(13-18(17)21)20(3)15-8-6-5-7-9-15/h5-11,13-14,19,21H,4,12H2,1-3H3. The Hall–Kier alpha value is -2.00. The molecule has 0 heterocycles. The van der Waals surface area contributed by atoms with E-state index in [1.165, 1.54) is 0 Å². The van der Waals surface area contributed by atoms with Gasteiger partial charge >= 0.3 is 0 Å². The molecule has 0 amide bonds. The molecular weight excluding hydrogens is 260 g/mol. The topological polar surface area (TPSA) is 35.5 Å². The molecule has 0 fully saturated rings. The largest absolute Gasteiger partial charge is 0.508 e. The third-order valence-corrected chi connectivity index (χ3v) is 3.71. The van der Waals surface area contributed by atoms with Gasteiger partial charge in [-0.1, -0.05) is 31.2 Å². The van der Waals surface area contributed by atoms with Gasteiger partial charge in [0.1, 0.15) is 5.75 Å². The molecule has 112 valence electrons. The molecule has 0 bridgehead atoms. The van der Waals surface area contributed by atoms with E-state index in [9.17, 15) is 5.11 Å². The summed E-state index contributed by atoms with van der Waals surface area (Å²) >= 11 is 0. The van der Waals surface area contributed by atoms with Crippen molar-refractivity contribution >= 4 is 11.4 Å². The van der Waals surface area contributed by atoms with Crippen LogP contribution < -0.4 is 10.2 Å². The molecule has 21 heavy (non-hydrogen) atoms. The van der Waals surface area contributed by atoms with Crippen LogP contribution in [-0.4, -0.2) is 18.7 Å². The highest BCUT2D eigenvalue weighted by atomic mass is 16.3. The average molecular weight is 284 g/mol. The Balaban J connectivity index is 2.19. The predicted molar refractivity (Wildman–Crippen MR) is 89.3 cm³/mol. The molecule has 1 unspecified atom stereocenters. The van der Waals surface area contributed by atoms with Crippen LogP contribution in [0.5, 0.6) is 5.75 Å². The zero-order valence-corrected chi connectivity index (χ0v) is 13.0. The van der Waals surface area contributed by atoms with Gasteiger partial charge in [-0.25, -0.2) is 0 Å². The minimum absolute atomic E-state index is 0.154. The first-order valence-electron chi connectivity index (χ1n) is 7.48. The van der Waals surface area contributed by atoms with E-state index >= 15 is 0 Å². The first kappa shape index (κ1) is 15.4. The Labute approximate surface area is 127 Å². The lowest BCUT2D eigenvalue weighted by molar-refractivity contribution is 0.453. The molecule has 0 aliphatic carbocycles. The Morgan fingerprint density at radius 2 is 1.81 bits per heavy atom. The number of hydrogen-bond acceptors (Lipinski definition) is 3. The van der Waals surface area contributed by atoms with Gasteiger partial charge in [-0.05, 0) is 38.1 Å². The van der Waals surface area contributed by atoms with Crippen molar-refractivity contribution in [2.75, 3.05) is 18.5 Å². The minimum Gasteiger partial charge on any atom is -0.508 e. The number of para-hydroxylation sites is 1. The van der Waals surface area contributed by atoms with E-state index in [0.717, 1.165) is 29.9 Å². The van der Waals surface area contributed by atoms with Crippen LogP contribution in [0, 0.1) is 0 Å². The highest BCUT2D eigenvalue weighted by Crippen LogP contribution is 2.31. The van der Waals surface area contributed by atoms with Crippen LogP contribution in [0.15, 0.2) is 48.5 Å². The Kier molecular flexibility index (Phi) is 5.23. The zero-order chi connectivity index (χ0) is 15.2. The van der Waals surface area contributed by atoms with E-state index in [1.807, 2.05) is 43.4 Å². The first-order valence-corrected chi connectivity index (χ1v) is 7.48. The summed E-state index contributed by atoms with van der Waals surface area (Å²) in [6.45, 7) is 5.16. The molecule has 2 aromatic carbocycles. The second-order valence-electron chi connectivity index (χ2n) is 5.31. The summed E-state index contributed by atoms with van der Waals surface area (Å²) in [5.41, 5.74) is 3.01. The quantitative estimate of drug-likeness (QED) is 0.833. The smallest absolute Gasteiger partial charge is 0.122 e. The summed E-state index contributed by atoms with van der Waals surface area (Å²) in [5.74, 6) is 0.339. The molecular formula is C18H24N2O. The van der Waals surface area contributed by atoms with Gasteiger partial charge in [-0.2, -0.15) is 0 Å². The van der Waals surface area contributed by atoms with Crippen LogP contribution in [0.3, 0.4) is 0 Å². The molecule has 3 heteroatoms. The van der Waals surface area contributed by atoms with Gasteiger partial charge in [0, 0.05) is 36.1 Å². The molecule has 0 aliphatic heterocycles. The van der Waals surface area contributed by atoms with Crippen LogP contribution in [0.4, 0.5) is 11.4 Å². The predicted octanol–water partition coefficient (Wildman–Crippen LogP) is 4.22. The highest BCUT2D eigenvalue weighted by Gasteiger charge is 2.12. The molecule has 0 saturated carbocycles. The molecule has 0 saturated heterocycles. The Morgan fingerprint density at radius 3 is 2.43 bits per heavy atom. The van der Waals surface area contributed by atoms with Gasteiger partial charge in [-0.3, -0.25) is 0 Å². The van der Waals surface area contributed by atoms with Crippen molar-refractivity contribution in [3.8, 4) is 5.75 Å². The van der Waals surface area contributed by atoms with Gasteiger partial charge < -0.3 is 15.3 Å². The number of phenolic OH excluding ortho intramolecular Hbond substituents is 1. The third kappa shape index (κ3) is 3.76. The summed E-state index contributed by atoms with van der Waals surface area (Å²) in [5, 5.41) is 13.7. The molecule has 3 nitrogen and oxygen atoms in total. The number of aromatic hydroxyl groups is 1. The number of benzene rings is 2. The zero-order valence-electron chi connectivity index (χ0n) is 13.0. The number of nitrogens with one attached hydrogen (secondary N) is 1. The molecule has 0 radical (unpaired) electrons. The molecule has 2 rings (SSSR count). The lowest BCUT2D eigenvalue weighted by Gasteiger charge is -2.22. The number of anilines is 2. The van der Waals surface area contributed by atoms with Crippen molar-refractivity contribution in [3.05, 3.63) is 54.1 Å². The fraction of sp³-hybridized carbons (Fsp3) is 0.333. The lowest BCUT2D eigenvalue weighted by atomic mass is 10.1. The maximum absolute atomic E-state index is 10.3. The molecule has 0 aromatic heterocycles. The average Bonchev–Trinajstić information content (AvgIpc) is 2.52. The number of hydrogen-bond donors (Lipinski definition) is 2. The van der Waals surface area contributed by atoms with Gasteiger partial charge in [0.25, 0.3) is 0 Å². The van der Waals surface area contributed by atoms with Crippen LogP contribution in [-0.2, 0) is 0 Å². The molecule has 0 aliphatic rings. The van der Waals surface area contributed by atoms with Crippen LogP contribution in [0.25, 0.3) is 0 Å². The summed E-state index contributed by atoms with van der Waals surface area (Å²) in [4.78, 5) is 2.06. The normalized spacial score (nSPS) is 12.1. The monoisotopic (exact) mass is 284 g/mol. The van der Waals surface area contributed by atoms with Gasteiger partial charge in [0.15, 0.2) is 0 Å². The van der Waals surface area contributed by atoms with Crippen LogP contribution in [0.1, 0.15) is 31.9 Å². The van der Waals surface area contributed by atoms with E-state index in [0.29, 0.717) is 5.75 Å². The van der Waals surface area contributed by atoms with Crippen molar-refractivity contribution < 1.29 is 5.11 Å². The van der Waals surface area contributed by atoms with E-state index in [4.69, 9.17) is 0 Å². The van der Waals surface area contributed by atoms with Crippen molar-refractivity contribution in [2.24, 2.45) is 0 Å².